The maximum Gasteiger partial charge on any atom is 0.273 e. The fraction of sp³-hybridized carbons (Fsp3) is 0.227. The van der Waals surface area contributed by atoms with Gasteiger partial charge in [0.05, 0.1) is 44.3 Å². The summed E-state index contributed by atoms with van der Waals surface area (Å²) in [6, 6.07) is 11.2. The van der Waals surface area contributed by atoms with Crippen LogP contribution in [0.25, 0.3) is 10.9 Å². The molecule has 0 atom stereocenters. The normalized spacial score (nSPS) is 10.9. The molecular weight excluding hydrogens is 370 g/mol. The average molecular weight is 393 g/mol. The van der Waals surface area contributed by atoms with E-state index in [4.69, 9.17) is 14.2 Å². The van der Waals surface area contributed by atoms with Crippen LogP contribution < -0.4 is 19.6 Å². The summed E-state index contributed by atoms with van der Waals surface area (Å²) in [5.41, 5.74) is 6.31. The zero-order valence-electron chi connectivity index (χ0n) is 17.1. The van der Waals surface area contributed by atoms with Crippen molar-refractivity contribution >= 4 is 23.0 Å². The minimum absolute atomic E-state index is 0.331. The molecule has 0 unspecified atom stereocenters. The number of methoxy groups -OCH3 is 3. The van der Waals surface area contributed by atoms with Gasteiger partial charge in [0.1, 0.15) is 0 Å². The molecule has 3 rings (SSSR count). The number of carbonyl (C=O) groups excluding carboxylic acids is 1. The highest BCUT2D eigenvalue weighted by molar-refractivity contribution is 5.99. The lowest BCUT2D eigenvalue weighted by molar-refractivity contribution is 0.0954. The van der Waals surface area contributed by atoms with Gasteiger partial charge in [0.2, 0.25) is 5.75 Å². The number of carbonyl (C=O) groups is 1. The number of ether oxygens (including phenoxy) is 3. The molecule has 0 spiro atoms. The molecule has 1 N–H and O–H groups in total. The Bertz CT molecular complexity index is 1070. The Hall–Kier alpha value is -3.61. The summed E-state index contributed by atoms with van der Waals surface area (Å²) in [6.45, 7) is 3.81. The van der Waals surface area contributed by atoms with Gasteiger partial charge in [-0.15, -0.1) is 0 Å². The quantitative estimate of drug-likeness (QED) is 0.511. The number of hydrogen-bond acceptors (Lipinski definition) is 6. The third-order valence-electron chi connectivity index (χ3n) is 4.55. The number of fused-ring (bicyclic) bond motifs is 1. The van der Waals surface area contributed by atoms with Gasteiger partial charge in [0.15, 0.2) is 11.5 Å². The molecule has 0 aliphatic rings. The number of para-hydroxylation sites is 1. The molecule has 0 saturated heterocycles. The fourth-order valence-corrected chi connectivity index (χ4v) is 3.07. The van der Waals surface area contributed by atoms with Crippen molar-refractivity contribution < 1.29 is 19.0 Å². The van der Waals surface area contributed by atoms with Crippen molar-refractivity contribution in [1.29, 1.82) is 0 Å². The minimum Gasteiger partial charge on any atom is -0.493 e. The van der Waals surface area contributed by atoms with Crippen LogP contribution >= 0.6 is 0 Å². The predicted octanol–water partition coefficient (Wildman–Crippen LogP) is 3.64. The van der Waals surface area contributed by atoms with Gasteiger partial charge < -0.3 is 14.2 Å². The molecule has 1 amide bonds. The molecule has 7 nitrogen and oxygen atoms in total. The Morgan fingerprint density at radius 2 is 1.72 bits per heavy atom. The molecular formula is C22H23N3O4. The van der Waals surface area contributed by atoms with Gasteiger partial charge in [-0.25, -0.2) is 5.43 Å². The first-order valence-corrected chi connectivity index (χ1v) is 8.99. The van der Waals surface area contributed by atoms with Crippen molar-refractivity contribution in [3.05, 3.63) is 58.8 Å². The van der Waals surface area contributed by atoms with E-state index < -0.39 is 0 Å². The van der Waals surface area contributed by atoms with E-state index in [1.807, 2.05) is 38.1 Å². The van der Waals surface area contributed by atoms with Crippen molar-refractivity contribution in [3.63, 3.8) is 0 Å². The van der Waals surface area contributed by atoms with E-state index >= 15 is 0 Å². The largest absolute Gasteiger partial charge is 0.493 e. The van der Waals surface area contributed by atoms with Crippen molar-refractivity contribution in [1.82, 2.24) is 10.4 Å². The number of pyridine rings is 1. The SMILES string of the molecule is COc1cc(/C=N\NC(=O)c2cc3cccc(C)c3nc2C)cc(OC)c1OC. The van der Waals surface area contributed by atoms with Crippen LogP contribution in [-0.2, 0) is 0 Å². The van der Waals surface area contributed by atoms with Crippen molar-refractivity contribution in [2.75, 3.05) is 21.3 Å². The highest BCUT2D eigenvalue weighted by Gasteiger charge is 2.14. The molecule has 29 heavy (non-hydrogen) atoms. The van der Waals surface area contributed by atoms with Crippen LogP contribution in [0.2, 0.25) is 0 Å². The lowest BCUT2D eigenvalue weighted by Crippen LogP contribution is -2.19. The van der Waals surface area contributed by atoms with E-state index in [-0.39, 0.29) is 5.91 Å². The molecule has 0 bridgehead atoms. The lowest BCUT2D eigenvalue weighted by atomic mass is 10.1. The zero-order valence-corrected chi connectivity index (χ0v) is 17.1. The highest BCUT2D eigenvalue weighted by Crippen LogP contribution is 2.37. The van der Waals surface area contributed by atoms with Crippen LogP contribution in [0.4, 0.5) is 0 Å². The fourth-order valence-electron chi connectivity index (χ4n) is 3.07. The van der Waals surface area contributed by atoms with E-state index in [0.29, 0.717) is 34.1 Å². The predicted molar refractivity (Wildman–Crippen MR) is 112 cm³/mol. The summed E-state index contributed by atoms with van der Waals surface area (Å²) in [6.07, 6.45) is 1.51. The molecule has 0 aliphatic heterocycles. The molecule has 1 heterocycles. The van der Waals surface area contributed by atoms with Crippen LogP contribution in [-0.4, -0.2) is 38.4 Å². The van der Waals surface area contributed by atoms with Crippen LogP contribution in [0, 0.1) is 13.8 Å². The smallest absolute Gasteiger partial charge is 0.273 e. The van der Waals surface area contributed by atoms with Crippen LogP contribution in [0.1, 0.15) is 27.2 Å². The van der Waals surface area contributed by atoms with Crippen LogP contribution in [0.3, 0.4) is 0 Å². The van der Waals surface area contributed by atoms with Crippen LogP contribution in [0.5, 0.6) is 17.2 Å². The Morgan fingerprint density at radius 3 is 2.34 bits per heavy atom. The van der Waals surface area contributed by atoms with E-state index in [1.165, 1.54) is 27.5 Å². The summed E-state index contributed by atoms with van der Waals surface area (Å²) >= 11 is 0. The maximum absolute atomic E-state index is 12.6. The number of rotatable bonds is 6. The first kappa shape index (κ1) is 20.1. The summed E-state index contributed by atoms with van der Waals surface area (Å²) in [5, 5.41) is 4.97. The molecule has 2 aromatic carbocycles. The van der Waals surface area contributed by atoms with Gasteiger partial charge in [-0.2, -0.15) is 5.10 Å². The molecule has 0 saturated carbocycles. The van der Waals surface area contributed by atoms with Crippen molar-refractivity contribution in [2.24, 2.45) is 5.10 Å². The number of hydrogen-bond donors (Lipinski definition) is 1. The minimum atomic E-state index is -0.331. The van der Waals surface area contributed by atoms with Gasteiger partial charge in [-0.1, -0.05) is 18.2 Å². The van der Waals surface area contributed by atoms with Gasteiger partial charge in [-0.3, -0.25) is 9.78 Å². The van der Waals surface area contributed by atoms with E-state index in [1.54, 1.807) is 12.1 Å². The molecule has 3 aromatic rings. The second kappa shape index (κ2) is 8.60. The number of aromatic nitrogens is 1. The summed E-state index contributed by atoms with van der Waals surface area (Å²) in [7, 11) is 4.62. The van der Waals surface area contributed by atoms with Gasteiger partial charge in [0.25, 0.3) is 5.91 Å². The summed E-state index contributed by atoms with van der Waals surface area (Å²) in [4.78, 5) is 17.2. The molecule has 0 aliphatic carbocycles. The Morgan fingerprint density at radius 1 is 1.03 bits per heavy atom. The molecule has 0 fully saturated rings. The zero-order chi connectivity index (χ0) is 21.0. The van der Waals surface area contributed by atoms with E-state index in [0.717, 1.165) is 16.5 Å². The van der Waals surface area contributed by atoms with Gasteiger partial charge in [-0.05, 0) is 37.6 Å². The second-order valence-electron chi connectivity index (χ2n) is 6.43. The van der Waals surface area contributed by atoms with E-state index in [9.17, 15) is 4.79 Å². The number of amides is 1. The number of nitrogens with one attached hydrogen (secondary N) is 1. The summed E-state index contributed by atoms with van der Waals surface area (Å²) < 4.78 is 15.9. The number of nitrogens with zero attached hydrogens (tertiary/aromatic N) is 2. The third kappa shape index (κ3) is 4.13. The Kier molecular flexibility index (Phi) is 5.97. The maximum atomic E-state index is 12.6. The number of hydrazone groups is 1. The lowest BCUT2D eigenvalue weighted by Gasteiger charge is -2.12. The first-order valence-electron chi connectivity index (χ1n) is 8.99. The monoisotopic (exact) mass is 393 g/mol. The standard InChI is InChI=1S/C22H23N3O4/c1-13-7-6-8-16-11-17(14(2)24-20(13)16)22(26)25-23-12-15-9-18(27-3)21(29-5)19(10-15)28-4/h6-12H,1-5H3,(H,25,26)/b23-12-. The number of benzene rings is 2. The van der Waals surface area contributed by atoms with Gasteiger partial charge in [0, 0.05) is 10.9 Å². The van der Waals surface area contributed by atoms with Crippen LogP contribution in [0.15, 0.2) is 41.5 Å². The van der Waals surface area contributed by atoms with Gasteiger partial charge >= 0.3 is 0 Å². The Balaban J connectivity index is 1.83. The van der Waals surface area contributed by atoms with Crippen molar-refractivity contribution in [2.45, 2.75) is 13.8 Å². The third-order valence-corrected chi connectivity index (χ3v) is 4.55. The molecule has 0 radical (unpaired) electrons. The molecule has 1 aromatic heterocycles. The van der Waals surface area contributed by atoms with Crippen molar-refractivity contribution in [3.8, 4) is 17.2 Å². The first-order chi connectivity index (χ1) is 14.0. The average Bonchev–Trinajstić information content (AvgIpc) is 2.73. The second-order valence-corrected chi connectivity index (χ2v) is 6.43. The molecule has 7 heteroatoms. The Labute approximate surface area is 169 Å². The molecule has 150 valence electrons. The van der Waals surface area contributed by atoms with E-state index in [2.05, 4.69) is 15.5 Å². The number of aryl methyl sites for hydroxylation is 2. The topological polar surface area (TPSA) is 82.0 Å². The summed E-state index contributed by atoms with van der Waals surface area (Å²) in [5.74, 6) is 1.17. The highest BCUT2D eigenvalue weighted by atomic mass is 16.5.